The SMILES string of the molecule is CCC(CN)CNc1ccc(OC)cc1OC. The number of nitrogens with two attached hydrogens (primary N) is 1. The van der Waals surface area contributed by atoms with Crippen molar-refractivity contribution in [2.24, 2.45) is 11.7 Å². The molecular formula is C13H22N2O2. The third kappa shape index (κ3) is 3.82. The zero-order valence-electron chi connectivity index (χ0n) is 10.8. The van der Waals surface area contributed by atoms with E-state index in [1.807, 2.05) is 18.2 Å². The van der Waals surface area contributed by atoms with Gasteiger partial charge < -0.3 is 20.5 Å². The summed E-state index contributed by atoms with van der Waals surface area (Å²) in [6.45, 7) is 3.70. The molecule has 4 nitrogen and oxygen atoms in total. The van der Waals surface area contributed by atoms with Gasteiger partial charge in [-0.25, -0.2) is 0 Å². The Morgan fingerprint density at radius 2 is 2.06 bits per heavy atom. The van der Waals surface area contributed by atoms with Crippen LogP contribution in [-0.2, 0) is 0 Å². The lowest BCUT2D eigenvalue weighted by atomic mass is 10.1. The number of hydrogen-bond donors (Lipinski definition) is 2. The number of rotatable bonds is 7. The van der Waals surface area contributed by atoms with E-state index >= 15 is 0 Å². The van der Waals surface area contributed by atoms with Crippen LogP contribution < -0.4 is 20.5 Å². The minimum atomic E-state index is 0.488. The summed E-state index contributed by atoms with van der Waals surface area (Å²) < 4.78 is 10.5. The van der Waals surface area contributed by atoms with Crippen molar-refractivity contribution in [2.75, 3.05) is 32.6 Å². The number of methoxy groups -OCH3 is 2. The first-order chi connectivity index (χ1) is 8.24. The molecule has 17 heavy (non-hydrogen) atoms. The Labute approximate surface area is 103 Å². The largest absolute Gasteiger partial charge is 0.497 e. The van der Waals surface area contributed by atoms with Crippen molar-refractivity contribution in [3.05, 3.63) is 18.2 Å². The summed E-state index contributed by atoms with van der Waals surface area (Å²) in [5, 5.41) is 3.36. The molecule has 0 aromatic heterocycles. The highest BCUT2D eigenvalue weighted by atomic mass is 16.5. The molecule has 0 heterocycles. The average molecular weight is 238 g/mol. The van der Waals surface area contributed by atoms with Gasteiger partial charge in [-0.1, -0.05) is 13.3 Å². The van der Waals surface area contributed by atoms with Gasteiger partial charge in [-0.2, -0.15) is 0 Å². The van der Waals surface area contributed by atoms with Gasteiger partial charge >= 0.3 is 0 Å². The fourth-order valence-electron chi connectivity index (χ4n) is 1.59. The summed E-state index contributed by atoms with van der Waals surface area (Å²) in [7, 11) is 3.30. The summed E-state index contributed by atoms with van der Waals surface area (Å²) in [6.07, 6.45) is 1.07. The van der Waals surface area contributed by atoms with Gasteiger partial charge in [0.2, 0.25) is 0 Å². The molecule has 1 aromatic carbocycles. The van der Waals surface area contributed by atoms with E-state index in [0.717, 1.165) is 30.2 Å². The normalized spacial score (nSPS) is 12.0. The van der Waals surface area contributed by atoms with Crippen LogP contribution in [0.2, 0.25) is 0 Å². The Hall–Kier alpha value is -1.42. The Bertz CT molecular complexity index is 338. The van der Waals surface area contributed by atoms with Crippen molar-refractivity contribution < 1.29 is 9.47 Å². The topological polar surface area (TPSA) is 56.5 Å². The van der Waals surface area contributed by atoms with Crippen molar-refractivity contribution in [2.45, 2.75) is 13.3 Å². The number of hydrogen-bond acceptors (Lipinski definition) is 4. The molecule has 0 aliphatic heterocycles. The van der Waals surface area contributed by atoms with Crippen LogP contribution in [0.3, 0.4) is 0 Å². The number of anilines is 1. The highest BCUT2D eigenvalue weighted by Gasteiger charge is 2.07. The van der Waals surface area contributed by atoms with Crippen LogP contribution >= 0.6 is 0 Å². The Morgan fingerprint density at radius 1 is 1.29 bits per heavy atom. The fourth-order valence-corrected chi connectivity index (χ4v) is 1.59. The maximum atomic E-state index is 5.67. The van der Waals surface area contributed by atoms with Crippen molar-refractivity contribution in [3.63, 3.8) is 0 Å². The molecule has 0 fully saturated rings. The maximum absolute atomic E-state index is 5.67. The number of nitrogens with one attached hydrogen (secondary N) is 1. The monoisotopic (exact) mass is 238 g/mol. The fraction of sp³-hybridized carbons (Fsp3) is 0.538. The molecule has 0 saturated carbocycles. The lowest BCUT2D eigenvalue weighted by Crippen LogP contribution is -2.22. The average Bonchev–Trinajstić information content (AvgIpc) is 2.39. The smallest absolute Gasteiger partial charge is 0.145 e. The first-order valence-corrected chi connectivity index (χ1v) is 5.91. The Kier molecular flexibility index (Phi) is 5.63. The summed E-state index contributed by atoms with van der Waals surface area (Å²) in [6, 6.07) is 5.74. The third-order valence-electron chi connectivity index (χ3n) is 2.90. The van der Waals surface area contributed by atoms with E-state index in [2.05, 4.69) is 12.2 Å². The summed E-state index contributed by atoms with van der Waals surface area (Å²) in [4.78, 5) is 0. The minimum absolute atomic E-state index is 0.488. The molecule has 0 spiro atoms. The molecule has 0 aliphatic carbocycles. The first kappa shape index (κ1) is 13.6. The van der Waals surface area contributed by atoms with Crippen molar-refractivity contribution in [3.8, 4) is 11.5 Å². The predicted molar refractivity (Wildman–Crippen MR) is 70.9 cm³/mol. The zero-order valence-corrected chi connectivity index (χ0v) is 10.8. The number of benzene rings is 1. The van der Waals surface area contributed by atoms with E-state index in [-0.39, 0.29) is 0 Å². The molecule has 0 radical (unpaired) electrons. The van der Waals surface area contributed by atoms with Gasteiger partial charge in [-0.3, -0.25) is 0 Å². The van der Waals surface area contributed by atoms with E-state index in [1.165, 1.54) is 0 Å². The summed E-state index contributed by atoms with van der Waals surface area (Å²) in [5.74, 6) is 2.07. The predicted octanol–water partition coefficient (Wildman–Crippen LogP) is 2.10. The molecular weight excluding hydrogens is 216 g/mol. The molecule has 0 saturated heterocycles. The van der Waals surface area contributed by atoms with Gasteiger partial charge in [0, 0.05) is 12.6 Å². The third-order valence-corrected chi connectivity index (χ3v) is 2.90. The van der Waals surface area contributed by atoms with Crippen LogP contribution in [0.25, 0.3) is 0 Å². The van der Waals surface area contributed by atoms with E-state index in [1.54, 1.807) is 14.2 Å². The van der Waals surface area contributed by atoms with E-state index in [4.69, 9.17) is 15.2 Å². The highest BCUT2D eigenvalue weighted by Crippen LogP contribution is 2.29. The van der Waals surface area contributed by atoms with E-state index in [9.17, 15) is 0 Å². The standard InChI is InChI=1S/C13H22N2O2/c1-4-10(8-14)9-15-12-6-5-11(16-2)7-13(12)17-3/h5-7,10,15H,4,8-9,14H2,1-3H3. The number of ether oxygens (including phenoxy) is 2. The van der Waals surface area contributed by atoms with Crippen LogP contribution in [0.5, 0.6) is 11.5 Å². The van der Waals surface area contributed by atoms with Gasteiger partial charge in [0.25, 0.3) is 0 Å². The molecule has 4 heteroatoms. The molecule has 1 unspecified atom stereocenters. The van der Waals surface area contributed by atoms with Gasteiger partial charge in [-0.15, -0.1) is 0 Å². The summed E-state index contributed by atoms with van der Waals surface area (Å²) >= 11 is 0. The van der Waals surface area contributed by atoms with Gasteiger partial charge in [0.05, 0.1) is 19.9 Å². The van der Waals surface area contributed by atoms with Crippen LogP contribution in [0, 0.1) is 5.92 Å². The maximum Gasteiger partial charge on any atom is 0.145 e. The molecule has 96 valence electrons. The first-order valence-electron chi connectivity index (χ1n) is 5.91. The molecule has 1 aromatic rings. The Balaban J connectivity index is 2.70. The van der Waals surface area contributed by atoms with Gasteiger partial charge in [-0.05, 0) is 24.6 Å². The molecule has 1 atom stereocenters. The van der Waals surface area contributed by atoms with Gasteiger partial charge in [0.15, 0.2) is 0 Å². The van der Waals surface area contributed by atoms with Crippen molar-refractivity contribution >= 4 is 5.69 Å². The lowest BCUT2D eigenvalue weighted by molar-refractivity contribution is 0.395. The molecule has 1 rings (SSSR count). The molecule has 0 aliphatic rings. The quantitative estimate of drug-likeness (QED) is 0.764. The second kappa shape index (κ2) is 7.01. The summed E-state index contributed by atoms with van der Waals surface area (Å²) in [5.41, 5.74) is 6.64. The minimum Gasteiger partial charge on any atom is -0.497 e. The van der Waals surface area contributed by atoms with E-state index in [0.29, 0.717) is 12.5 Å². The van der Waals surface area contributed by atoms with Crippen LogP contribution in [0.4, 0.5) is 5.69 Å². The van der Waals surface area contributed by atoms with Crippen molar-refractivity contribution in [1.82, 2.24) is 0 Å². The van der Waals surface area contributed by atoms with Crippen LogP contribution in [-0.4, -0.2) is 27.3 Å². The van der Waals surface area contributed by atoms with Crippen molar-refractivity contribution in [1.29, 1.82) is 0 Å². The molecule has 0 bridgehead atoms. The second-order valence-corrected chi connectivity index (χ2v) is 3.96. The van der Waals surface area contributed by atoms with Gasteiger partial charge in [0.1, 0.15) is 11.5 Å². The molecule has 0 amide bonds. The van der Waals surface area contributed by atoms with Crippen LogP contribution in [0.1, 0.15) is 13.3 Å². The second-order valence-electron chi connectivity index (χ2n) is 3.96. The zero-order chi connectivity index (χ0) is 12.7. The lowest BCUT2D eigenvalue weighted by Gasteiger charge is -2.16. The Morgan fingerprint density at radius 3 is 2.59 bits per heavy atom. The molecule has 3 N–H and O–H groups in total. The van der Waals surface area contributed by atoms with Crippen LogP contribution in [0.15, 0.2) is 18.2 Å². The highest BCUT2D eigenvalue weighted by molar-refractivity contribution is 5.59. The van der Waals surface area contributed by atoms with E-state index < -0.39 is 0 Å².